The van der Waals surface area contributed by atoms with Crippen LogP contribution in [-0.4, -0.2) is 55.6 Å². The van der Waals surface area contributed by atoms with E-state index >= 15 is 0 Å². The molecule has 0 fully saturated rings. The number of rotatable bonds is 4. The van der Waals surface area contributed by atoms with Gasteiger partial charge in [-0.3, -0.25) is 17.9 Å². The van der Waals surface area contributed by atoms with E-state index in [1.807, 2.05) is 0 Å². The third-order valence-corrected chi connectivity index (χ3v) is 19.0. The van der Waals surface area contributed by atoms with E-state index < -0.39 is 14.4 Å². The number of nitrogens with zero attached hydrogens (tertiary/aromatic N) is 12. The molecule has 17 rings (SSSR count). The fraction of sp³-hybridized carbons (Fsp3) is 0.129. The first-order valence-electron chi connectivity index (χ1n) is 26.8. The highest BCUT2D eigenvalue weighted by molar-refractivity contribution is 14.1. The largest absolute Gasteiger partial charge is 0.633 e. The van der Waals surface area contributed by atoms with E-state index in [-0.39, 0.29) is 10.8 Å². The minimum atomic E-state index is -0.833. The first-order valence-corrected chi connectivity index (χ1v) is 31.1. The quantitative estimate of drug-likeness (QED) is 0.128. The second-order valence-corrected chi connectivity index (χ2v) is 28.4. The van der Waals surface area contributed by atoms with E-state index in [1.165, 1.54) is 11.1 Å². The average molecular weight is 1510 g/mol. The van der Waals surface area contributed by atoms with Crippen molar-refractivity contribution < 1.29 is 9.31 Å². The molecule has 0 radical (unpaired) electrons. The zero-order chi connectivity index (χ0) is 55.6. The summed E-state index contributed by atoms with van der Waals surface area (Å²) in [6, 6.07) is 46.8. The number of fused-ring (bicyclic) bond motifs is 20. The lowest BCUT2D eigenvalue weighted by Crippen LogP contribution is -2.52. The van der Waals surface area contributed by atoms with Crippen molar-refractivity contribution in [3.8, 4) is 11.5 Å². The van der Waals surface area contributed by atoms with Gasteiger partial charge in [-0.1, -0.05) is 65.8 Å². The van der Waals surface area contributed by atoms with Gasteiger partial charge in [-0.25, -0.2) is 39.9 Å². The van der Waals surface area contributed by atoms with Crippen molar-refractivity contribution in [3.05, 3.63) is 203 Å². The molecule has 8 bridgehead atoms. The van der Waals surface area contributed by atoms with E-state index in [0.717, 1.165) is 90.9 Å². The van der Waals surface area contributed by atoms with E-state index in [2.05, 4.69) is 283 Å². The molecule has 0 N–H and O–H groups in total. The van der Waals surface area contributed by atoms with Gasteiger partial charge in [0, 0.05) is 79.6 Å². The van der Waals surface area contributed by atoms with Crippen LogP contribution in [0, 0.1) is 14.3 Å². The SMILES string of the molecule is CC(C)(C)c1ccc(OB2n3c4c5cc6c(cc5c3N=c3c5ccc(I)cc5c(n32)=NC2=NC(=N4)c3cc(I)ccc32)C2=Nc3c4cc(I)ccc4c4n3B(Oc3ccc(C(C)(C)C)cc3)n3c(c5ccc(I)cc5c3=N4)=NC6=N2)cc1. The predicted molar refractivity (Wildman–Crippen MR) is 359 cm³/mol. The number of aliphatic imine (C=N–C) groups is 4. The van der Waals surface area contributed by atoms with Crippen molar-refractivity contribution in [3.63, 3.8) is 0 Å². The molecule has 11 aromatic rings. The van der Waals surface area contributed by atoms with Gasteiger partial charge >= 0.3 is 14.4 Å². The van der Waals surface area contributed by atoms with Crippen LogP contribution in [0.4, 0.5) is 23.3 Å². The lowest BCUT2D eigenvalue weighted by molar-refractivity contribution is 0.526. The van der Waals surface area contributed by atoms with Gasteiger partial charge in [-0.15, -0.1) is 0 Å². The second-order valence-electron chi connectivity index (χ2n) is 23.4. The number of benzene rings is 7. The smallest absolute Gasteiger partial charge is 0.523 e. The molecule has 0 amide bonds. The molecule has 82 heavy (non-hydrogen) atoms. The highest BCUT2D eigenvalue weighted by atomic mass is 127. The van der Waals surface area contributed by atoms with Crippen LogP contribution in [0.3, 0.4) is 0 Å². The molecule has 0 saturated heterocycles. The molecule has 0 atom stereocenters. The third-order valence-electron chi connectivity index (χ3n) is 16.3. The number of hydrogen-bond acceptors (Lipinski definition) is 10. The Hall–Kier alpha value is -6.77. The van der Waals surface area contributed by atoms with Crippen molar-refractivity contribution >= 4 is 194 Å². The predicted octanol–water partition coefficient (Wildman–Crippen LogP) is 12.9. The number of halogens is 4. The average Bonchev–Trinajstić information content (AvgIpc) is 1.81. The summed E-state index contributed by atoms with van der Waals surface area (Å²) in [6.45, 7) is 13.3. The minimum Gasteiger partial charge on any atom is -0.523 e. The van der Waals surface area contributed by atoms with Crippen LogP contribution in [0.1, 0.15) is 74.9 Å². The first-order chi connectivity index (χ1) is 39.5. The molecule has 20 heteroatoms. The maximum atomic E-state index is 7.40. The van der Waals surface area contributed by atoms with Crippen LogP contribution < -0.4 is 31.3 Å². The molecule has 7 aromatic carbocycles. The normalized spacial score (nSPS) is 15.1. The van der Waals surface area contributed by atoms with Crippen LogP contribution in [0.2, 0.25) is 0 Å². The highest BCUT2D eigenvalue weighted by Gasteiger charge is 2.44. The van der Waals surface area contributed by atoms with E-state index in [9.17, 15) is 0 Å². The summed E-state index contributed by atoms with van der Waals surface area (Å²) < 4.78 is 27.5. The number of hydrogen-bond donors (Lipinski definition) is 0. The molecule has 394 valence electrons. The fourth-order valence-corrected chi connectivity index (χ4v) is 14.2. The summed E-state index contributed by atoms with van der Waals surface area (Å²) in [7, 11) is -1.61. The zero-order valence-corrected chi connectivity index (χ0v) is 53.2. The molecule has 0 unspecified atom stereocenters. The number of amidine groups is 4. The number of aromatic nitrogens is 4. The molecule has 6 aliphatic heterocycles. The molecular weight excluding hydrogens is 1470 g/mol. The van der Waals surface area contributed by atoms with Crippen LogP contribution >= 0.6 is 90.4 Å². The van der Waals surface area contributed by atoms with Gasteiger partial charge in [0.25, 0.3) is 0 Å². The zero-order valence-electron chi connectivity index (χ0n) is 44.6. The topological polar surface area (TPSA) is 137 Å². The molecule has 0 saturated carbocycles. The Balaban J connectivity index is 0.981. The van der Waals surface area contributed by atoms with Gasteiger partial charge in [-0.2, -0.15) is 0 Å². The van der Waals surface area contributed by atoms with Crippen LogP contribution in [-0.2, 0) is 10.8 Å². The van der Waals surface area contributed by atoms with Crippen LogP contribution in [0.15, 0.2) is 173 Å². The van der Waals surface area contributed by atoms with Gasteiger partial charge in [0.2, 0.25) is 0 Å². The molecule has 6 aliphatic rings. The Kier molecular flexibility index (Phi) is 10.6. The van der Waals surface area contributed by atoms with Gasteiger partial charge in [0.15, 0.2) is 23.3 Å². The van der Waals surface area contributed by atoms with Crippen molar-refractivity contribution in [1.29, 1.82) is 0 Å². The van der Waals surface area contributed by atoms with E-state index in [0.29, 0.717) is 68.8 Å². The Labute approximate surface area is 523 Å². The molecule has 0 spiro atoms. The second kappa shape index (κ2) is 17.4. The van der Waals surface area contributed by atoms with Gasteiger partial charge in [-0.05, 0) is 222 Å². The molecule has 4 aromatic heterocycles. The highest BCUT2D eigenvalue weighted by Crippen LogP contribution is 2.46. The van der Waals surface area contributed by atoms with Crippen molar-refractivity contribution in [2.75, 3.05) is 0 Å². The summed E-state index contributed by atoms with van der Waals surface area (Å²) >= 11 is 9.52. The monoisotopic (exact) mass is 1510 g/mol. The van der Waals surface area contributed by atoms with Gasteiger partial charge in [0.1, 0.15) is 56.7 Å². The Morgan fingerprint density at radius 3 is 1.17 bits per heavy atom. The summed E-state index contributed by atoms with van der Waals surface area (Å²) in [5.74, 6) is 6.19. The third kappa shape index (κ3) is 7.27. The van der Waals surface area contributed by atoms with Crippen LogP contribution in [0.25, 0.3) is 43.1 Å². The molecule has 10 heterocycles. The van der Waals surface area contributed by atoms with Crippen molar-refractivity contribution in [2.45, 2.75) is 52.4 Å². The minimum absolute atomic E-state index is 0.0404. The summed E-state index contributed by atoms with van der Waals surface area (Å²) in [6.07, 6.45) is 0. The Morgan fingerprint density at radius 1 is 0.317 bits per heavy atom. The summed E-state index contributed by atoms with van der Waals surface area (Å²) in [4.78, 5) is 44.5. The Morgan fingerprint density at radius 2 is 0.671 bits per heavy atom. The van der Waals surface area contributed by atoms with E-state index in [4.69, 9.17) is 49.2 Å². The molecular formula is C62H40B2I4N12O2. The lowest BCUT2D eigenvalue weighted by Gasteiger charge is -2.24. The summed E-state index contributed by atoms with van der Waals surface area (Å²) in [5, 5.41) is 7.28. The Bertz CT molecular complexity index is 5250. The van der Waals surface area contributed by atoms with Crippen molar-refractivity contribution in [2.24, 2.45) is 39.9 Å². The maximum absolute atomic E-state index is 7.40. The standard InChI is InChI=1S/C62H40B2I4N12O2/c1-61(2,3)29-7-15-35(16-8-29)81-63-77-53-38-20-12-34(68)26-46(38)59(77)75-54-40-22-14-33(67)25-45(40)57(79(54)63)74-52-43-28-48-47(27-42(43)51(70-52)72-53)58-73-50-41-23-31(65)11-19-37(41)49(69-50)71-56-44-24-32(66)13-21-39(44)55-76-60(48)80(58)64(78(55)56)82-36-17-9-30(10-18-36)62(4,5)6/h7-28H,1-6H3. The van der Waals surface area contributed by atoms with E-state index in [1.54, 1.807) is 0 Å². The summed E-state index contributed by atoms with van der Waals surface area (Å²) in [5.41, 5.74) is 8.50. The van der Waals surface area contributed by atoms with Gasteiger partial charge in [0.05, 0.1) is 0 Å². The first kappa shape index (κ1) is 49.8. The molecule has 14 nitrogen and oxygen atoms in total. The van der Waals surface area contributed by atoms with Crippen molar-refractivity contribution in [1.82, 2.24) is 17.9 Å². The lowest BCUT2D eigenvalue weighted by atomic mass is 9.87. The maximum Gasteiger partial charge on any atom is 0.633 e. The van der Waals surface area contributed by atoms with Crippen LogP contribution in [0.5, 0.6) is 11.5 Å². The fourth-order valence-electron chi connectivity index (χ4n) is 12.3. The molecule has 0 aliphatic carbocycles. The van der Waals surface area contributed by atoms with Gasteiger partial charge < -0.3 is 9.31 Å².